The number of nitrogens with one attached hydrogen (secondary N) is 1. The molecule has 1 amide bonds. The Balaban J connectivity index is 2.39. The van der Waals surface area contributed by atoms with Crippen LogP contribution in [0, 0.1) is 5.41 Å². The van der Waals surface area contributed by atoms with Crippen molar-refractivity contribution in [1.82, 2.24) is 0 Å². The van der Waals surface area contributed by atoms with Crippen LogP contribution in [-0.4, -0.2) is 18.3 Å². The van der Waals surface area contributed by atoms with Crippen LogP contribution in [-0.2, 0) is 9.59 Å². The lowest BCUT2D eigenvalue weighted by Gasteiger charge is -2.16. The summed E-state index contributed by atoms with van der Waals surface area (Å²) in [5.41, 5.74) is 0.183. The summed E-state index contributed by atoms with van der Waals surface area (Å²) in [5.74, 6) is 0.449. The second-order valence-corrected chi connectivity index (χ2v) is 6.83. The second-order valence-electron chi connectivity index (χ2n) is 6.83. The Morgan fingerprint density at radius 3 is 2.26 bits per heavy atom. The van der Waals surface area contributed by atoms with Gasteiger partial charge in [0.15, 0.2) is 0 Å². The average Bonchev–Trinajstić information content (AvgIpc) is 2.47. The number of Topliss-reactive ketones (excluding diaryl/α,β-unsaturated/α-hetero) is 1. The van der Waals surface area contributed by atoms with Crippen molar-refractivity contribution in [3.05, 3.63) is 24.3 Å². The van der Waals surface area contributed by atoms with Gasteiger partial charge in [-0.25, -0.2) is 0 Å². The molecular formula is C19H29NO3. The number of ketones is 1. The van der Waals surface area contributed by atoms with E-state index in [1.54, 1.807) is 12.1 Å². The maximum Gasteiger partial charge on any atom is 0.231 e. The molecule has 0 fully saturated rings. The van der Waals surface area contributed by atoms with Crippen molar-refractivity contribution >= 4 is 17.4 Å². The van der Waals surface area contributed by atoms with Crippen molar-refractivity contribution in [2.75, 3.05) is 11.9 Å². The Labute approximate surface area is 139 Å². The van der Waals surface area contributed by atoms with Crippen molar-refractivity contribution in [2.45, 2.75) is 59.8 Å². The Kier molecular flexibility index (Phi) is 7.79. The first-order valence-electron chi connectivity index (χ1n) is 8.39. The van der Waals surface area contributed by atoms with Gasteiger partial charge in [0.1, 0.15) is 11.5 Å². The van der Waals surface area contributed by atoms with Gasteiger partial charge < -0.3 is 10.1 Å². The smallest absolute Gasteiger partial charge is 0.231 e. The summed E-state index contributed by atoms with van der Waals surface area (Å²) in [6.45, 7) is 8.34. The van der Waals surface area contributed by atoms with E-state index in [-0.39, 0.29) is 18.1 Å². The number of rotatable bonds is 9. The van der Waals surface area contributed by atoms with E-state index in [9.17, 15) is 9.59 Å². The summed E-state index contributed by atoms with van der Waals surface area (Å²) in [5, 5.41) is 2.74. The minimum absolute atomic E-state index is 0.0676. The molecule has 128 valence electrons. The number of ether oxygens (including phenoxy) is 1. The largest absolute Gasteiger partial charge is 0.494 e. The highest BCUT2D eigenvalue weighted by molar-refractivity contribution is 6.05. The van der Waals surface area contributed by atoms with Gasteiger partial charge in [0.25, 0.3) is 0 Å². The third-order valence-electron chi connectivity index (χ3n) is 3.56. The topological polar surface area (TPSA) is 55.4 Å². The van der Waals surface area contributed by atoms with Crippen LogP contribution in [0.25, 0.3) is 0 Å². The standard InChI is InChI=1S/C19H29NO3/c1-5-6-7-8-13-23-16-11-9-15(10-12-16)20-18(22)14-17(21)19(2,3)4/h9-12H,5-8,13-14H2,1-4H3,(H,20,22). The summed E-state index contributed by atoms with van der Waals surface area (Å²) >= 11 is 0. The highest BCUT2D eigenvalue weighted by Gasteiger charge is 2.23. The first-order chi connectivity index (χ1) is 10.8. The number of hydrogen-bond acceptors (Lipinski definition) is 3. The molecule has 0 unspecified atom stereocenters. The lowest BCUT2D eigenvalue weighted by molar-refractivity contribution is -0.130. The zero-order valence-electron chi connectivity index (χ0n) is 14.8. The summed E-state index contributed by atoms with van der Waals surface area (Å²) < 4.78 is 5.65. The molecule has 23 heavy (non-hydrogen) atoms. The number of anilines is 1. The third kappa shape index (κ3) is 7.82. The van der Waals surface area contributed by atoms with Gasteiger partial charge in [-0.3, -0.25) is 9.59 Å². The zero-order valence-corrected chi connectivity index (χ0v) is 14.8. The fourth-order valence-electron chi connectivity index (χ4n) is 1.97. The average molecular weight is 319 g/mol. The molecule has 0 saturated carbocycles. The van der Waals surface area contributed by atoms with Gasteiger partial charge in [-0.15, -0.1) is 0 Å². The third-order valence-corrected chi connectivity index (χ3v) is 3.56. The van der Waals surface area contributed by atoms with Gasteiger partial charge >= 0.3 is 0 Å². The van der Waals surface area contributed by atoms with Gasteiger partial charge in [-0.05, 0) is 30.7 Å². The van der Waals surface area contributed by atoms with Crippen LogP contribution < -0.4 is 10.1 Å². The Morgan fingerprint density at radius 1 is 1.04 bits per heavy atom. The molecular weight excluding hydrogens is 290 g/mol. The molecule has 0 atom stereocenters. The first kappa shape index (κ1) is 19.2. The molecule has 1 aromatic carbocycles. The molecule has 0 aromatic heterocycles. The maximum absolute atomic E-state index is 11.9. The summed E-state index contributed by atoms with van der Waals surface area (Å²) in [6, 6.07) is 7.25. The number of unbranched alkanes of at least 4 members (excludes halogenated alkanes) is 3. The van der Waals surface area contributed by atoms with E-state index in [0.29, 0.717) is 12.3 Å². The molecule has 0 aliphatic rings. The lowest BCUT2D eigenvalue weighted by atomic mass is 9.89. The van der Waals surface area contributed by atoms with Gasteiger partial charge in [0.2, 0.25) is 5.91 Å². The minimum atomic E-state index is -0.493. The molecule has 0 aliphatic heterocycles. The van der Waals surface area contributed by atoms with Crippen LogP contribution in [0.4, 0.5) is 5.69 Å². The summed E-state index contributed by atoms with van der Waals surface area (Å²) in [4.78, 5) is 23.7. The SMILES string of the molecule is CCCCCCOc1ccc(NC(=O)CC(=O)C(C)(C)C)cc1. The van der Waals surface area contributed by atoms with Crippen molar-refractivity contribution < 1.29 is 14.3 Å². The van der Waals surface area contributed by atoms with E-state index in [1.807, 2.05) is 32.9 Å². The number of hydrogen-bond donors (Lipinski definition) is 1. The van der Waals surface area contributed by atoms with Crippen LogP contribution in [0.3, 0.4) is 0 Å². The van der Waals surface area contributed by atoms with Crippen LogP contribution in [0.15, 0.2) is 24.3 Å². The summed E-state index contributed by atoms with van der Waals surface area (Å²) in [7, 11) is 0. The molecule has 0 radical (unpaired) electrons. The van der Waals surface area contributed by atoms with E-state index in [2.05, 4.69) is 12.2 Å². The molecule has 4 heteroatoms. The molecule has 1 rings (SSSR count). The van der Waals surface area contributed by atoms with E-state index in [4.69, 9.17) is 4.74 Å². The van der Waals surface area contributed by atoms with Gasteiger partial charge in [0, 0.05) is 11.1 Å². The fourth-order valence-corrected chi connectivity index (χ4v) is 1.97. The number of amides is 1. The van der Waals surface area contributed by atoms with E-state index < -0.39 is 5.41 Å². The predicted octanol–water partition coefficient (Wildman–Crippen LogP) is 4.59. The van der Waals surface area contributed by atoms with E-state index >= 15 is 0 Å². The monoisotopic (exact) mass is 319 g/mol. The van der Waals surface area contributed by atoms with Crippen molar-refractivity contribution in [3.8, 4) is 5.75 Å². The second kappa shape index (κ2) is 9.33. The number of benzene rings is 1. The van der Waals surface area contributed by atoms with Gasteiger partial charge in [0.05, 0.1) is 13.0 Å². The Hall–Kier alpha value is -1.84. The van der Waals surface area contributed by atoms with Crippen molar-refractivity contribution in [1.29, 1.82) is 0 Å². The number of carbonyl (C=O) groups excluding carboxylic acids is 2. The fraction of sp³-hybridized carbons (Fsp3) is 0.579. The van der Waals surface area contributed by atoms with Crippen LogP contribution >= 0.6 is 0 Å². The molecule has 0 saturated heterocycles. The van der Waals surface area contributed by atoms with Gasteiger partial charge in [-0.1, -0.05) is 47.0 Å². The zero-order chi connectivity index (χ0) is 17.3. The quantitative estimate of drug-likeness (QED) is 0.535. The first-order valence-corrected chi connectivity index (χ1v) is 8.39. The molecule has 1 aromatic rings. The lowest BCUT2D eigenvalue weighted by Crippen LogP contribution is -2.26. The Morgan fingerprint density at radius 2 is 1.70 bits per heavy atom. The number of carbonyl (C=O) groups is 2. The minimum Gasteiger partial charge on any atom is -0.494 e. The van der Waals surface area contributed by atoms with Gasteiger partial charge in [-0.2, -0.15) is 0 Å². The molecule has 0 spiro atoms. The Bertz CT molecular complexity index is 500. The highest BCUT2D eigenvalue weighted by Crippen LogP contribution is 2.19. The van der Waals surface area contributed by atoms with Crippen LogP contribution in [0.1, 0.15) is 59.8 Å². The molecule has 0 aliphatic carbocycles. The molecule has 0 heterocycles. The van der Waals surface area contributed by atoms with Crippen LogP contribution in [0.5, 0.6) is 5.75 Å². The van der Waals surface area contributed by atoms with Crippen molar-refractivity contribution in [2.24, 2.45) is 5.41 Å². The molecule has 4 nitrogen and oxygen atoms in total. The highest BCUT2D eigenvalue weighted by atomic mass is 16.5. The van der Waals surface area contributed by atoms with Crippen molar-refractivity contribution in [3.63, 3.8) is 0 Å². The molecule has 0 bridgehead atoms. The van der Waals surface area contributed by atoms with E-state index in [1.165, 1.54) is 19.3 Å². The van der Waals surface area contributed by atoms with E-state index in [0.717, 1.165) is 12.2 Å². The normalized spacial score (nSPS) is 11.1. The molecule has 1 N–H and O–H groups in total. The summed E-state index contributed by atoms with van der Waals surface area (Å²) in [6.07, 6.45) is 4.60. The maximum atomic E-state index is 11.9. The predicted molar refractivity (Wildman–Crippen MR) is 93.8 cm³/mol. The van der Waals surface area contributed by atoms with Crippen LogP contribution in [0.2, 0.25) is 0 Å².